The molecule has 0 radical (unpaired) electrons. The Morgan fingerprint density at radius 3 is 2.52 bits per heavy atom. The molecule has 0 aliphatic carbocycles. The number of benzene rings is 1. The number of carbonyl (C=O) groups excluding carboxylic acids is 2. The van der Waals surface area contributed by atoms with E-state index in [0.29, 0.717) is 41.9 Å². The van der Waals surface area contributed by atoms with E-state index in [1.807, 2.05) is 49.4 Å². The van der Waals surface area contributed by atoms with E-state index < -0.39 is 5.97 Å². The number of rotatable bonds is 11. The van der Waals surface area contributed by atoms with Gasteiger partial charge in [-0.15, -0.1) is 0 Å². The molecule has 12 nitrogen and oxygen atoms in total. The maximum Gasteiger partial charge on any atom is 0.310 e. The first-order valence-corrected chi connectivity index (χ1v) is 12.7. The Bertz CT molecular complexity index is 1480. The lowest BCUT2D eigenvalue weighted by Gasteiger charge is -2.26. The standard InChI is InChI=1S/C28H29N7O5/c1-17(32-28-30-12-18(13-31-28)11-25(37)40-16-24(36)34-22-14-39-15-22)19-3-6-21(7-4-19)33-23-8-5-20-9-10-29-27(38-2)26(20)35-23/h3-10,12-13,17,22H,11,14-16H2,1-2H3,(H,33,35)(H,34,36)(H,30,31,32). The summed E-state index contributed by atoms with van der Waals surface area (Å²) in [7, 11) is 1.57. The number of amides is 1. The third-order valence-corrected chi connectivity index (χ3v) is 6.22. The van der Waals surface area contributed by atoms with E-state index in [9.17, 15) is 9.59 Å². The third kappa shape index (κ3) is 6.77. The molecule has 3 N–H and O–H groups in total. The topological polar surface area (TPSA) is 149 Å². The molecule has 3 aromatic heterocycles. The summed E-state index contributed by atoms with van der Waals surface area (Å²) in [5, 5.41) is 10.2. The Kier molecular flexibility index (Phi) is 8.26. The predicted octanol–water partition coefficient (Wildman–Crippen LogP) is 2.95. The quantitative estimate of drug-likeness (QED) is 0.240. The van der Waals surface area contributed by atoms with E-state index in [1.54, 1.807) is 25.7 Å². The second-order valence-electron chi connectivity index (χ2n) is 9.26. The molecule has 1 atom stereocenters. The molecule has 4 heterocycles. The minimum atomic E-state index is -0.527. The second kappa shape index (κ2) is 12.3. The molecule has 1 aromatic carbocycles. The normalized spacial score (nSPS) is 13.7. The number of pyridine rings is 2. The van der Waals surface area contributed by atoms with Gasteiger partial charge in [-0.25, -0.2) is 19.9 Å². The van der Waals surface area contributed by atoms with Gasteiger partial charge in [0.2, 0.25) is 11.8 Å². The Hall–Kier alpha value is -4.84. The summed E-state index contributed by atoms with van der Waals surface area (Å²) in [4.78, 5) is 41.2. The zero-order valence-corrected chi connectivity index (χ0v) is 22.1. The summed E-state index contributed by atoms with van der Waals surface area (Å²) in [5.74, 6) is 0.713. The van der Waals surface area contributed by atoms with Crippen molar-refractivity contribution in [2.75, 3.05) is 37.6 Å². The van der Waals surface area contributed by atoms with Crippen molar-refractivity contribution in [3.05, 3.63) is 72.2 Å². The maximum absolute atomic E-state index is 12.0. The van der Waals surface area contributed by atoms with Crippen LogP contribution in [0.4, 0.5) is 17.5 Å². The first-order chi connectivity index (χ1) is 19.5. The van der Waals surface area contributed by atoms with E-state index in [0.717, 1.165) is 16.6 Å². The van der Waals surface area contributed by atoms with Crippen LogP contribution in [0, 0.1) is 0 Å². The fourth-order valence-electron chi connectivity index (χ4n) is 3.99. The summed E-state index contributed by atoms with van der Waals surface area (Å²) in [6, 6.07) is 13.6. The van der Waals surface area contributed by atoms with Crippen LogP contribution in [0.25, 0.3) is 10.9 Å². The molecule has 206 valence electrons. The van der Waals surface area contributed by atoms with Crippen LogP contribution in [0.3, 0.4) is 0 Å². The van der Waals surface area contributed by atoms with E-state index in [2.05, 4.69) is 35.9 Å². The third-order valence-electron chi connectivity index (χ3n) is 6.22. The highest BCUT2D eigenvalue weighted by atomic mass is 16.5. The van der Waals surface area contributed by atoms with Gasteiger partial charge in [0, 0.05) is 35.2 Å². The first kappa shape index (κ1) is 26.8. The largest absolute Gasteiger partial charge is 0.479 e. The SMILES string of the molecule is COc1nccc2ccc(Nc3ccc(C(C)Nc4ncc(CC(=O)OCC(=O)NC5COC5)cn4)cc3)nc12. The van der Waals surface area contributed by atoms with Gasteiger partial charge in [0.25, 0.3) is 5.91 Å². The van der Waals surface area contributed by atoms with Gasteiger partial charge in [-0.2, -0.15) is 0 Å². The van der Waals surface area contributed by atoms with Crippen LogP contribution in [-0.2, 0) is 25.5 Å². The molecule has 1 saturated heterocycles. The van der Waals surface area contributed by atoms with Crippen molar-refractivity contribution in [3.8, 4) is 5.88 Å². The summed E-state index contributed by atoms with van der Waals surface area (Å²) in [6.45, 7) is 2.64. The van der Waals surface area contributed by atoms with Gasteiger partial charge in [-0.1, -0.05) is 12.1 Å². The minimum Gasteiger partial charge on any atom is -0.479 e. The molecular formula is C28H29N7O5. The van der Waals surface area contributed by atoms with Gasteiger partial charge < -0.3 is 30.2 Å². The van der Waals surface area contributed by atoms with Crippen LogP contribution < -0.4 is 20.7 Å². The van der Waals surface area contributed by atoms with Gasteiger partial charge >= 0.3 is 5.97 Å². The highest BCUT2D eigenvalue weighted by Crippen LogP contribution is 2.25. The molecule has 1 aliphatic rings. The molecule has 1 unspecified atom stereocenters. The zero-order valence-electron chi connectivity index (χ0n) is 22.1. The number of esters is 1. The number of fused-ring (bicyclic) bond motifs is 1. The number of hydrogen-bond acceptors (Lipinski definition) is 11. The van der Waals surface area contributed by atoms with Gasteiger partial charge in [-0.05, 0) is 42.8 Å². The van der Waals surface area contributed by atoms with Crippen molar-refractivity contribution in [2.45, 2.75) is 25.4 Å². The van der Waals surface area contributed by atoms with Crippen molar-refractivity contribution in [2.24, 2.45) is 0 Å². The van der Waals surface area contributed by atoms with Crippen LogP contribution in [-0.4, -0.2) is 64.8 Å². The summed E-state index contributed by atoms with van der Waals surface area (Å²) < 4.78 is 15.3. The van der Waals surface area contributed by atoms with Gasteiger partial charge in [0.15, 0.2) is 6.61 Å². The smallest absolute Gasteiger partial charge is 0.310 e. The lowest BCUT2D eigenvalue weighted by Crippen LogP contribution is -2.49. The molecule has 0 saturated carbocycles. The van der Waals surface area contributed by atoms with E-state index in [1.165, 1.54) is 0 Å². The maximum atomic E-state index is 12.0. The summed E-state index contributed by atoms with van der Waals surface area (Å²) >= 11 is 0. The number of carbonyl (C=O) groups is 2. The molecule has 5 rings (SSSR count). The average molecular weight is 544 g/mol. The van der Waals surface area contributed by atoms with Crippen molar-refractivity contribution in [1.29, 1.82) is 0 Å². The van der Waals surface area contributed by atoms with Gasteiger partial charge in [-0.3, -0.25) is 9.59 Å². The van der Waals surface area contributed by atoms with Crippen LogP contribution >= 0.6 is 0 Å². The number of methoxy groups -OCH3 is 1. The molecular weight excluding hydrogens is 514 g/mol. The Morgan fingerprint density at radius 1 is 1.05 bits per heavy atom. The van der Waals surface area contributed by atoms with E-state index >= 15 is 0 Å². The van der Waals surface area contributed by atoms with E-state index in [-0.39, 0.29) is 31.0 Å². The molecule has 0 bridgehead atoms. The lowest BCUT2D eigenvalue weighted by atomic mass is 10.1. The van der Waals surface area contributed by atoms with Crippen molar-refractivity contribution in [1.82, 2.24) is 25.3 Å². The highest BCUT2D eigenvalue weighted by molar-refractivity contribution is 5.84. The zero-order chi connectivity index (χ0) is 27.9. The van der Waals surface area contributed by atoms with Crippen LogP contribution in [0.15, 0.2) is 61.1 Å². The molecule has 1 aliphatic heterocycles. The van der Waals surface area contributed by atoms with Gasteiger partial charge in [0.05, 0.1) is 38.8 Å². The molecule has 40 heavy (non-hydrogen) atoms. The monoisotopic (exact) mass is 543 g/mol. The first-order valence-electron chi connectivity index (χ1n) is 12.7. The van der Waals surface area contributed by atoms with Crippen LogP contribution in [0.2, 0.25) is 0 Å². The number of ether oxygens (including phenoxy) is 3. The number of aromatic nitrogens is 4. The average Bonchev–Trinajstić information content (AvgIpc) is 2.95. The summed E-state index contributed by atoms with van der Waals surface area (Å²) in [5.41, 5.74) is 3.19. The number of nitrogens with zero attached hydrogens (tertiary/aromatic N) is 4. The number of hydrogen-bond donors (Lipinski definition) is 3. The Balaban J connectivity index is 1.11. The number of anilines is 3. The van der Waals surface area contributed by atoms with Gasteiger partial charge in [0.1, 0.15) is 11.3 Å². The van der Waals surface area contributed by atoms with E-state index in [4.69, 9.17) is 14.2 Å². The fraction of sp³-hybridized carbons (Fsp3) is 0.286. The molecule has 1 amide bonds. The molecule has 4 aromatic rings. The molecule has 0 spiro atoms. The number of nitrogens with one attached hydrogen (secondary N) is 3. The second-order valence-corrected chi connectivity index (χ2v) is 9.26. The summed E-state index contributed by atoms with van der Waals surface area (Å²) in [6.07, 6.45) is 4.78. The molecule has 12 heteroatoms. The van der Waals surface area contributed by atoms with Crippen molar-refractivity contribution < 1.29 is 23.8 Å². The van der Waals surface area contributed by atoms with Crippen molar-refractivity contribution in [3.63, 3.8) is 0 Å². The molecule has 1 fully saturated rings. The minimum absolute atomic E-state index is 0.00707. The van der Waals surface area contributed by atoms with Crippen molar-refractivity contribution >= 4 is 40.2 Å². The Morgan fingerprint density at radius 2 is 1.82 bits per heavy atom. The predicted molar refractivity (Wildman–Crippen MR) is 147 cm³/mol. The van der Waals surface area contributed by atoms with Crippen LogP contribution in [0.5, 0.6) is 5.88 Å². The lowest BCUT2D eigenvalue weighted by molar-refractivity contribution is -0.148. The Labute approximate surface area is 230 Å². The fourth-order valence-corrected chi connectivity index (χ4v) is 3.99. The highest BCUT2D eigenvalue weighted by Gasteiger charge is 2.21. The van der Waals surface area contributed by atoms with Crippen LogP contribution in [0.1, 0.15) is 24.1 Å².